The summed E-state index contributed by atoms with van der Waals surface area (Å²) in [5.74, 6) is 3.45. The summed E-state index contributed by atoms with van der Waals surface area (Å²) in [5, 5.41) is 4.01. The minimum Gasteiger partial charge on any atom is -0.372 e. The highest BCUT2D eigenvalue weighted by atomic mass is 28.3. The van der Waals surface area contributed by atoms with Crippen LogP contribution in [-0.2, 0) is 9.53 Å². The average Bonchev–Trinajstić information content (AvgIpc) is 2.80. The van der Waals surface area contributed by atoms with Gasteiger partial charge >= 0.3 is 0 Å². The van der Waals surface area contributed by atoms with Gasteiger partial charge in [0, 0.05) is 25.1 Å². The van der Waals surface area contributed by atoms with Crippen molar-refractivity contribution in [1.82, 2.24) is 4.98 Å². The number of benzene rings is 1. The van der Waals surface area contributed by atoms with Gasteiger partial charge in [-0.3, -0.25) is 9.78 Å². The third kappa shape index (κ3) is 7.17. The molecule has 1 aromatic heterocycles. The van der Waals surface area contributed by atoms with Gasteiger partial charge in [-0.25, -0.2) is 0 Å². The van der Waals surface area contributed by atoms with Gasteiger partial charge in [0.15, 0.2) is 0 Å². The molecule has 1 heterocycles. The zero-order valence-corrected chi connectivity index (χ0v) is 23.3. The Morgan fingerprint density at radius 3 is 2.26 bits per heavy atom. The van der Waals surface area contributed by atoms with Gasteiger partial charge in [-0.15, -0.1) is 11.5 Å². The lowest BCUT2D eigenvalue weighted by Gasteiger charge is -2.38. The van der Waals surface area contributed by atoms with E-state index < -0.39 is 14.2 Å². The van der Waals surface area contributed by atoms with Crippen LogP contribution in [0.3, 0.4) is 0 Å². The number of pyridine rings is 1. The molecule has 0 radical (unpaired) electrons. The Hall–Kier alpha value is -2.16. The molecule has 0 aliphatic heterocycles. The fourth-order valence-electron chi connectivity index (χ4n) is 5.32. The second-order valence-electron chi connectivity index (χ2n) is 10.2. The zero-order chi connectivity index (χ0) is 25.1. The molecule has 1 N–H and O–H groups in total. The minimum atomic E-state index is -1.61. The van der Waals surface area contributed by atoms with Gasteiger partial charge in [-0.2, -0.15) is 0 Å². The summed E-state index contributed by atoms with van der Waals surface area (Å²) >= 11 is 0. The molecule has 2 rings (SSSR count). The van der Waals surface area contributed by atoms with Crippen molar-refractivity contribution in [1.29, 1.82) is 0 Å². The highest BCUT2D eigenvalue weighted by Crippen LogP contribution is 2.40. The van der Waals surface area contributed by atoms with Crippen molar-refractivity contribution in [2.45, 2.75) is 103 Å². The van der Waals surface area contributed by atoms with Gasteiger partial charge in [0.05, 0.1) is 11.2 Å². The molecule has 0 aliphatic carbocycles. The van der Waals surface area contributed by atoms with Crippen LogP contribution in [0.4, 0.5) is 5.69 Å². The molecule has 0 spiro atoms. The predicted molar refractivity (Wildman–Crippen MR) is 148 cm³/mol. The third-order valence-electron chi connectivity index (χ3n) is 7.16. The maximum Gasteiger partial charge on any atom is 0.253 e. The van der Waals surface area contributed by atoms with Crippen molar-refractivity contribution < 1.29 is 9.53 Å². The standard InChI is InChI=1S/C29H44N2O2Si/c1-22(2)34(23(3)4,24(5)6)21-13-11-9-8-10-12-19-27(33-7)29(32)31-26-18-14-16-25-17-15-20-30-28(25)26/h14-18,20,22-24,27H,8-12,19H2,1-7H3,(H,31,32)/t27-/m0/s1. The number of methoxy groups -OCH3 is 1. The predicted octanol–water partition coefficient (Wildman–Crippen LogP) is 7.75. The molecule has 0 fully saturated rings. The number of hydrogen-bond donors (Lipinski definition) is 1. The fraction of sp³-hybridized carbons (Fsp3) is 0.586. The first kappa shape index (κ1) is 28.1. The summed E-state index contributed by atoms with van der Waals surface area (Å²) in [6.45, 7) is 14.2. The Bertz CT molecular complexity index is 948. The summed E-state index contributed by atoms with van der Waals surface area (Å²) < 4.78 is 5.50. The number of nitrogens with one attached hydrogen (secondary N) is 1. The first-order valence-corrected chi connectivity index (χ1v) is 15.1. The first-order valence-electron chi connectivity index (χ1n) is 12.9. The summed E-state index contributed by atoms with van der Waals surface area (Å²) in [7, 11) is -0.00493. The van der Waals surface area contributed by atoms with Crippen LogP contribution in [0.15, 0.2) is 36.5 Å². The van der Waals surface area contributed by atoms with Crippen LogP contribution in [0.5, 0.6) is 0 Å². The zero-order valence-electron chi connectivity index (χ0n) is 22.3. The lowest BCUT2D eigenvalue weighted by molar-refractivity contribution is -0.126. The Morgan fingerprint density at radius 2 is 1.62 bits per heavy atom. The smallest absolute Gasteiger partial charge is 0.253 e. The number of amides is 1. The number of unbranched alkanes of at least 4 members (excludes halogenated alkanes) is 4. The van der Waals surface area contributed by atoms with E-state index >= 15 is 0 Å². The molecule has 2 aromatic rings. The van der Waals surface area contributed by atoms with E-state index in [0.29, 0.717) is 16.6 Å². The Labute approximate surface area is 208 Å². The summed E-state index contributed by atoms with van der Waals surface area (Å²) in [5.41, 5.74) is 7.39. The van der Waals surface area contributed by atoms with E-state index in [1.165, 1.54) is 0 Å². The van der Waals surface area contributed by atoms with E-state index in [9.17, 15) is 4.79 Å². The normalized spacial score (nSPS) is 12.8. The van der Waals surface area contributed by atoms with Crippen LogP contribution in [-0.4, -0.2) is 32.2 Å². The van der Waals surface area contributed by atoms with Crippen LogP contribution >= 0.6 is 0 Å². The van der Waals surface area contributed by atoms with Gasteiger partial charge in [-0.1, -0.05) is 79.0 Å². The Morgan fingerprint density at radius 1 is 0.971 bits per heavy atom. The maximum atomic E-state index is 12.8. The molecule has 4 nitrogen and oxygen atoms in total. The average molecular weight is 481 g/mol. The minimum absolute atomic E-state index is 0.108. The van der Waals surface area contributed by atoms with Crippen LogP contribution < -0.4 is 5.32 Å². The number of nitrogens with zero attached hydrogens (tertiary/aromatic N) is 1. The van der Waals surface area contributed by atoms with Crippen LogP contribution in [0.25, 0.3) is 10.9 Å². The van der Waals surface area contributed by atoms with Gasteiger partial charge < -0.3 is 10.1 Å². The molecular formula is C29H44N2O2Si. The maximum absolute atomic E-state index is 12.8. The van der Waals surface area contributed by atoms with E-state index in [4.69, 9.17) is 4.74 Å². The van der Waals surface area contributed by atoms with Crippen molar-refractivity contribution in [2.75, 3.05) is 12.4 Å². The van der Waals surface area contributed by atoms with Gasteiger partial charge in [0.1, 0.15) is 14.2 Å². The second kappa shape index (κ2) is 13.7. The summed E-state index contributed by atoms with van der Waals surface area (Å²) in [6, 6.07) is 9.70. The topological polar surface area (TPSA) is 51.2 Å². The highest BCUT2D eigenvalue weighted by Gasteiger charge is 2.41. The van der Waals surface area contributed by atoms with E-state index in [2.05, 4.69) is 63.3 Å². The molecular weight excluding hydrogens is 436 g/mol. The van der Waals surface area contributed by atoms with Gasteiger partial charge in [-0.05, 0) is 41.6 Å². The number of hydrogen-bond acceptors (Lipinski definition) is 3. The van der Waals surface area contributed by atoms with Gasteiger partial charge in [0.25, 0.3) is 5.91 Å². The van der Waals surface area contributed by atoms with Crippen molar-refractivity contribution >= 4 is 30.6 Å². The molecule has 186 valence electrons. The molecule has 0 bridgehead atoms. The molecule has 0 aliphatic rings. The third-order valence-corrected chi connectivity index (χ3v) is 13.5. The molecule has 1 atom stereocenters. The lowest BCUT2D eigenvalue weighted by Crippen LogP contribution is -2.43. The number of aromatic nitrogens is 1. The van der Waals surface area contributed by atoms with Crippen LogP contribution in [0.1, 0.15) is 80.1 Å². The number of para-hydroxylation sites is 1. The number of fused-ring (bicyclic) bond motifs is 1. The van der Waals surface area contributed by atoms with E-state index in [1.807, 2.05) is 30.3 Å². The van der Waals surface area contributed by atoms with E-state index in [-0.39, 0.29) is 5.91 Å². The quantitative estimate of drug-likeness (QED) is 0.192. The van der Waals surface area contributed by atoms with Crippen molar-refractivity contribution in [2.24, 2.45) is 0 Å². The monoisotopic (exact) mass is 480 g/mol. The molecule has 0 saturated heterocycles. The number of ether oxygens (including phenoxy) is 1. The molecule has 1 aromatic carbocycles. The molecule has 0 saturated carbocycles. The lowest BCUT2D eigenvalue weighted by atomic mass is 10.1. The number of rotatable bonds is 12. The Kier molecular flexibility index (Phi) is 11.3. The van der Waals surface area contributed by atoms with E-state index in [1.54, 1.807) is 13.3 Å². The summed E-state index contributed by atoms with van der Waals surface area (Å²) in [6.07, 6.45) is 7.30. The van der Waals surface area contributed by atoms with Crippen LogP contribution in [0.2, 0.25) is 16.6 Å². The van der Waals surface area contributed by atoms with Gasteiger partial charge in [0.2, 0.25) is 0 Å². The summed E-state index contributed by atoms with van der Waals surface area (Å²) in [4.78, 5) is 17.2. The largest absolute Gasteiger partial charge is 0.372 e. The van der Waals surface area contributed by atoms with Crippen molar-refractivity contribution in [3.8, 4) is 11.5 Å². The van der Waals surface area contributed by atoms with Crippen LogP contribution in [0, 0.1) is 11.5 Å². The number of carbonyl (C=O) groups is 1. The highest BCUT2D eigenvalue weighted by molar-refractivity contribution is 6.90. The second-order valence-corrected chi connectivity index (χ2v) is 15.8. The number of carbonyl (C=O) groups excluding carboxylic acids is 1. The molecule has 1 amide bonds. The molecule has 5 heteroatoms. The van der Waals surface area contributed by atoms with Crippen molar-refractivity contribution in [3.63, 3.8) is 0 Å². The molecule has 34 heavy (non-hydrogen) atoms. The number of anilines is 1. The fourth-order valence-corrected chi connectivity index (χ4v) is 10.6. The first-order chi connectivity index (χ1) is 16.2. The van der Waals surface area contributed by atoms with Crippen molar-refractivity contribution in [3.05, 3.63) is 36.5 Å². The molecule has 0 unspecified atom stereocenters. The Balaban J connectivity index is 1.79. The van der Waals surface area contributed by atoms with E-state index in [0.717, 1.165) is 55.1 Å². The SMILES string of the molecule is CO[C@@H](CCCCCCC#C[Si](C(C)C)(C(C)C)C(C)C)C(=O)Nc1cccc2cccnc12.